The van der Waals surface area contributed by atoms with Crippen molar-refractivity contribution < 1.29 is 14.3 Å². The molecule has 134 valence electrons. The fourth-order valence-electron chi connectivity index (χ4n) is 2.52. The van der Waals surface area contributed by atoms with E-state index >= 15 is 0 Å². The number of aromatic nitrogens is 2. The van der Waals surface area contributed by atoms with Crippen molar-refractivity contribution in [2.45, 2.75) is 13.0 Å². The number of rotatable bonds is 6. The smallest absolute Gasteiger partial charge is 0.265 e. The highest BCUT2D eigenvalue weighted by Crippen LogP contribution is 2.26. The Labute approximate surface area is 155 Å². The molecular formula is C19H19N3O3S. The van der Waals surface area contributed by atoms with E-state index in [1.54, 1.807) is 14.2 Å². The molecule has 7 heteroatoms. The van der Waals surface area contributed by atoms with Crippen molar-refractivity contribution in [3.63, 3.8) is 0 Å². The van der Waals surface area contributed by atoms with E-state index in [1.807, 2.05) is 55.5 Å². The van der Waals surface area contributed by atoms with E-state index in [0.717, 1.165) is 34.2 Å². The number of nitrogens with one attached hydrogen (secondary N) is 1. The lowest BCUT2D eigenvalue weighted by atomic mass is 10.1. The van der Waals surface area contributed by atoms with Crippen LogP contribution < -0.4 is 14.8 Å². The number of hydrogen-bond donors (Lipinski definition) is 1. The van der Waals surface area contributed by atoms with Crippen molar-refractivity contribution in [3.8, 4) is 22.8 Å². The van der Waals surface area contributed by atoms with Gasteiger partial charge >= 0.3 is 0 Å². The summed E-state index contributed by atoms with van der Waals surface area (Å²) >= 11 is 1.08. The first-order valence-electron chi connectivity index (χ1n) is 8.04. The van der Waals surface area contributed by atoms with Crippen LogP contribution in [0.1, 0.15) is 28.2 Å². The van der Waals surface area contributed by atoms with Crippen LogP contribution in [0, 0.1) is 0 Å². The molecule has 0 radical (unpaired) electrons. The predicted molar refractivity (Wildman–Crippen MR) is 101 cm³/mol. The van der Waals surface area contributed by atoms with Crippen LogP contribution in [-0.2, 0) is 0 Å². The monoisotopic (exact) mass is 369 g/mol. The highest BCUT2D eigenvalue weighted by Gasteiger charge is 2.20. The van der Waals surface area contributed by atoms with Crippen molar-refractivity contribution in [2.24, 2.45) is 0 Å². The van der Waals surface area contributed by atoms with Crippen LogP contribution >= 0.6 is 11.5 Å². The molecular weight excluding hydrogens is 350 g/mol. The normalized spacial score (nSPS) is 11.7. The second kappa shape index (κ2) is 7.97. The lowest BCUT2D eigenvalue weighted by molar-refractivity contribution is 0.0944. The van der Waals surface area contributed by atoms with E-state index in [2.05, 4.69) is 14.9 Å². The molecule has 1 aromatic heterocycles. The molecule has 0 saturated heterocycles. The van der Waals surface area contributed by atoms with Gasteiger partial charge in [-0.15, -0.1) is 5.10 Å². The van der Waals surface area contributed by atoms with Crippen LogP contribution in [-0.4, -0.2) is 29.7 Å². The molecule has 6 nitrogen and oxygen atoms in total. The van der Waals surface area contributed by atoms with Gasteiger partial charge in [-0.05, 0) is 60.4 Å². The summed E-state index contributed by atoms with van der Waals surface area (Å²) in [6, 6.07) is 14.8. The second-order valence-corrected chi connectivity index (χ2v) is 6.40. The molecule has 1 atom stereocenters. The zero-order chi connectivity index (χ0) is 18.5. The van der Waals surface area contributed by atoms with Crippen LogP contribution in [0.5, 0.6) is 11.5 Å². The van der Waals surface area contributed by atoms with E-state index in [-0.39, 0.29) is 11.9 Å². The Morgan fingerprint density at radius 3 is 2.15 bits per heavy atom. The van der Waals surface area contributed by atoms with Gasteiger partial charge in [-0.2, -0.15) is 0 Å². The van der Waals surface area contributed by atoms with Gasteiger partial charge in [0, 0.05) is 5.56 Å². The first-order valence-corrected chi connectivity index (χ1v) is 8.81. The summed E-state index contributed by atoms with van der Waals surface area (Å²) in [7, 11) is 3.23. The van der Waals surface area contributed by atoms with Crippen LogP contribution in [0.15, 0.2) is 48.5 Å². The first kappa shape index (κ1) is 17.9. The lowest BCUT2D eigenvalue weighted by Gasteiger charge is -2.14. The van der Waals surface area contributed by atoms with Crippen molar-refractivity contribution in [1.29, 1.82) is 0 Å². The van der Waals surface area contributed by atoms with Crippen molar-refractivity contribution in [3.05, 3.63) is 59.0 Å². The number of carbonyl (C=O) groups is 1. The Bertz CT molecular complexity index is 876. The number of benzene rings is 2. The molecule has 26 heavy (non-hydrogen) atoms. The van der Waals surface area contributed by atoms with Crippen LogP contribution in [0.2, 0.25) is 0 Å². The van der Waals surface area contributed by atoms with Gasteiger partial charge in [-0.3, -0.25) is 4.79 Å². The average Bonchev–Trinajstić information content (AvgIpc) is 3.18. The maximum atomic E-state index is 12.7. The van der Waals surface area contributed by atoms with Gasteiger partial charge in [0.05, 0.1) is 20.3 Å². The second-order valence-electron chi connectivity index (χ2n) is 5.65. The third-order valence-corrected chi connectivity index (χ3v) is 4.75. The third kappa shape index (κ3) is 3.83. The van der Waals surface area contributed by atoms with Crippen LogP contribution in [0.25, 0.3) is 11.3 Å². The van der Waals surface area contributed by atoms with Gasteiger partial charge in [0.2, 0.25) is 0 Å². The molecule has 3 aromatic rings. The molecule has 0 fully saturated rings. The molecule has 0 unspecified atom stereocenters. The van der Waals surface area contributed by atoms with Crippen LogP contribution in [0.3, 0.4) is 0 Å². The van der Waals surface area contributed by atoms with Gasteiger partial charge in [-0.25, -0.2) is 0 Å². The Hall–Kier alpha value is -2.93. The molecule has 0 spiro atoms. The quantitative estimate of drug-likeness (QED) is 0.717. The summed E-state index contributed by atoms with van der Waals surface area (Å²) in [5, 5.41) is 7.11. The Balaban J connectivity index is 1.76. The highest BCUT2D eigenvalue weighted by atomic mass is 32.1. The molecule has 0 saturated carbocycles. The molecule has 1 heterocycles. The molecule has 0 bridgehead atoms. The van der Waals surface area contributed by atoms with Gasteiger partial charge in [-0.1, -0.05) is 16.6 Å². The molecule has 2 aromatic carbocycles. The maximum absolute atomic E-state index is 12.7. The average molecular weight is 369 g/mol. The van der Waals surface area contributed by atoms with Crippen LogP contribution in [0.4, 0.5) is 0 Å². The van der Waals surface area contributed by atoms with Gasteiger partial charge in [0.25, 0.3) is 5.91 Å². The van der Waals surface area contributed by atoms with E-state index in [9.17, 15) is 4.79 Å². The van der Waals surface area contributed by atoms with E-state index < -0.39 is 0 Å². The Morgan fingerprint density at radius 1 is 1.00 bits per heavy atom. The van der Waals surface area contributed by atoms with E-state index in [1.165, 1.54) is 0 Å². The number of nitrogens with zero attached hydrogens (tertiary/aromatic N) is 2. The summed E-state index contributed by atoms with van der Waals surface area (Å²) in [4.78, 5) is 13.2. The summed E-state index contributed by atoms with van der Waals surface area (Å²) in [6.45, 7) is 1.93. The largest absolute Gasteiger partial charge is 0.497 e. The number of methoxy groups -OCH3 is 2. The zero-order valence-electron chi connectivity index (χ0n) is 14.7. The van der Waals surface area contributed by atoms with Gasteiger partial charge in [0.15, 0.2) is 0 Å². The number of amides is 1. The number of ether oxygens (including phenoxy) is 2. The maximum Gasteiger partial charge on any atom is 0.265 e. The Morgan fingerprint density at radius 2 is 1.58 bits per heavy atom. The van der Waals surface area contributed by atoms with Gasteiger partial charge in [0.1, 0.15) is 22.1 Å². The summed E-state index contributed by atoms with van der Waals surface area (Å²) in [5.74, 6) is 1.32. The van der Waals surface area contributed by atoms with Gasteiger partial charge < -0.3 is 14.8 Å². The van der Waals surface area contributed by atoms with E-state index in [4.69, 9.17) is 9.47 Å². The molecule has 0 aliphatic rings. The Kier molecular flexibility index (Phi) is 5.48. The SMILES string of the molecule is COc1ccc(-c2nnsc2C(=O)N[C@H](C)c2ccc(OC)cc2)cc1. The minimum atomic E-state index is -0.200. The third-order valence-electron chi connectivity index (χ3n) is 4.02. The summed E-state index contributed by atoms with van der Waals surface area (Å²) < 4.78 is 14.3. The summed E-state index contributed by atoms with van der Waals surface area (Å²) in [5.41, 5.74) is 2.38. The minimum absolute atomic E-state index is 0.153. The fourth-order valence-corrected chi connectivity index (χ4v) is 3.11. The summed E-state index contributed by atoms with van der Waals surface area (Å²) in [6.07, 6.45) is 0. The topological polar surface area (TPSA) is 73.3 Å². The zero-order valence-corrected chi connectivity index (χ0v) is 15.5. The number of hydrogen-bond acceptors (Lipinski definition) is 6. The predicted octanol–water partition coefficient (Wildman–Crippen LogP) is 3.71. The standard InChI is InChI=1S/C19H19N3O3S/c1-12(13-4-8-15(24-2)9-5-13)20-19(23)18-17(21-22-26-18)14-6-10-16(25-3)11-7-14/h4-12H,1-3H3,(H,20,23)/t12-/m1/s1. The fraction of sp³-hybridized carbons (Fsp3) is 0.211. The minimum Gasteiger partial charge on any atom is -0.497 e. The lowest BCUT2D eigenvalue weighted by Crippen LogP contribution is -2.26. The molecule has 3 rings (SSSR count). The van der Waals surface area contributed by atoms with Crippen molar-refractivity contribution in [1.82, 2.24) is 14.9 Å². The highest BCUT2D eigenvalue weighted by molar-refractivity contribution is 7.08. The first-order chi connectivity index (χ1) is 12.6. The molecule has 1 amide bonds. The van der Waals surface area contributed by atoms with Crippen molar-refractivity contribution >= 4 is 17.4 Å². The molecule has 1 N–H and O–H groups in total. The van der Waals surface area contributed by atoms with E-state index in [0.29, 0.717) is 10.6 Å². The molecule has 0 aliphatic carbocycles. The van der Waals surface area contributed by atoms with Crippen molar-refractivity contribution in [2.75, 3.05) is 14.2 Å². The number of carbonyl (C=O) groups excluding carboxylic acids is 1. The molecule has 0 aliphatic heterocycles.